The summed E-state index contributed by atoms with van der Waals surface area (Å²) in [7, 11) is -0.220. The number of anilines is 3. The summed E-state index contributed by atoms with van der Waals surface area (Å²) in [6, 6.07) is 27.3. The van der Waals surface area contributed by atoms with Crippen molar-refractivity contribution in [2.75, 3.05) is 44.9 Å². The second-order valence-electron chi connectivity index (χ2n) is 7.57. The molecule has 3 aromatic rings. The van der Waals surface area contributed by atoms with Gasteiger partial charge >= 0.3 is 0 Å². The van der Waals surface area contributed by atoms with Crippen LogP contribution in [0.2, 0.25) is 0 Å². The first-order valence-electron chi connectivity index (χ1n) is 9.49. The quantitative estimate of drug-likeness (QED) is 0.422. The lowest BCUT2D eigenvalue weighted by Crippen LogP contribution is -2.13. The molecular weight excluding hydrogens is 395 g/mol. The molecule has 0 saturated heterocycles. The van der Waals surface area contributed by atoms with E-state index < -0.39 is 0 Å². The lowest BCUT2D eigenvalue weighted by Gasteiger charge is -2.26. The summed E-state index contributed by atoms with van der Waals surface area (Å²) in [6.45, 7) is 13.8. The van der Waals surface area contributed by atoms with Crippen LogP contribution in [0.25, 0.3) is 0 Å². The molecule has 0 radical (unpaired) electrons. The van der Waals surface area contributed by atoms with E-state index in [0.717, 1.165) is 0 Å². The van der Waals surface area contributed by atoms with Crippen LogP contribution in [0.3, 0.4) is 0 Å². The Morgan fingerprint density at radius 2 is 0.607 bits per heavy atom. The fourth-order valence-corrected chi connectivity index (χ4v) is 5.38. The van der Waals surface area contributed by atoms with Crippen molar-refractivity contribution in [1.29, 1.82) is 0 Å². The van der Waals surface area contributed by atoms with Gasteiger partial charge in [-0.3, -0.25) is 0 Å². The summed E-state index contributed by atoms with van der Waals surface area (Å²) in [5, 5.41) is 4.32. The predicted molar refractivity (Wildman–Crippen MR) is 136 cm³/mol. The van der Waals surface area contributed by atoms with Gasteiger partial charge in [0.15, 0.2) is 0 Å². The fourth-order valence-electron chi connectivity index (χ4n) is 3.15. The van der Waals surface area contributed by atoms with Gasteiger partial charge in [-0.05, 0) is 92.3 Å². The van der Waals surface area contributed by atoms with E-state index >= 15 is 0 Å². The minimum absolute atomic E-state index is 0.0733. The number of hydrogen-bond donors (Lipinski definition) is 0. The lowest BCUT2D eigenvalue weighted by molar-refractivity contribution is 1.29. The van der Waals surface area contributed by atoms with E-state index in [1.165, 1.54) is 33.0 Å². The smallest absolute Gasteiger partial charge is 0.0462 e. The number of nitrogens with zero attached hydrogens (tertiary/aromatic N) is 1. The van der Waals surface area contributed by atoms with Crippen LogP contribution in [0.15, 0.2) is 72.8 Å². The molecule has 1 nitrogen and oxygen atoms in total. The standard InChI is InChI=1S/C24H30NP3/c1-26(2)22-13-7-19(8-14-22)25(20-9-15-23(16-10-20)27(3)4)21-11-17-24(18-12-21)28(5)6/h7-18H,1-6H3. The zero-order valence-electron chi connectivity index (χ0n) is 17.7. The summed E-state index contributed by atoms with van der Waals surface area (Å²) in [4.78, 5) is 2.37. The van der Waals surface area contributed by atoms with E-state index in [1.807, 2.05) is 0 Å². The van der Waals surface area contributed by atoms with Crippen molar-refractivity contribution in [3.05, 3.63) is 72.8 Å². The van der Waals surface area contributed by atoms with Crippen LogP contribution in [-0.2, 0) is 0 Å². The molecule has 4 heteroatoms. The van der Waals surface area contributed by atoms with E-state index in [4.69, 9.17) is 0 Å². The highest BCUT2D eigenvalue weighted by atomic mass is 31.1. The van der Waals surface area contributed by atoms with Crippen LogP contribution in [0, 0.1) is 0 Å². The SMILES string of the molecule is CP(C)c1ccc(N(c2ccc(P(C)C)cc2)c2ccc(P(C)C)cc2)cc1. The van der Waals surface area contributed by atoms with Crippen molar-refractivity contribution in [3.8, 4) is 0 Å². The average Bonchev–Trinajstić information content (AvgIpc) is 2.69. The Morgan fingerprint density at radius 3 is 0.786 bits per heavy atom. The van der Waals surface area contributed by atoms with E-state index in [9.17, 15) is 0 Å². The first-order chi connectivity index (χ1) is 13.4. The van der Waals surface area contributed by atoms with Crippen molar-refractivity contribution < 1.29 is 0 Å². The molecule has 0 atom stereocenters. The Labute approximate surface area is 174 Å². The van der Waals surface area contributed by atoms with E-state index in [-0.39, 0.29) is 23.8 Å². The van der Waals surface area contributed by atoms with Gasteiger partial charge < -0.3 is 4.90 Å². The van der Waals surface area contributed by atoms with Gasteiger partial charge in [-0.2, -0.15) is 0 Å². The first kappa shape index (κ1) is 21.5. The highest BCUT2D eigenvalue weighted by Crippen LogP contribution is 2.36. The molecule has 0 aliphatic rings. The van der Waals surface area contributed by atoms with Crippen LogP contribution in [0.5, 0.6) is 0 Å². The molecule has 0 saturated carbocycles. The summed E-state index contributed by atoms with van der Waals surface area (Å²) < 4.78 is 0. The maximum Gasteiger partial charge on any atom is 0.0462 e. The maximum absolute atomic E-state index is 2.37. The topological polar surface area (TPSA) is 3.24 Å². The Hall–Kier alpha value is -1.25. The van der Waals surface area contributed by atoms with Crippen LogP contribution in [-0.4, -0.2) is 40.0 Å². The Morgan fingerprint density at radius 1 is 0.393 bits per heavy atom. The van der Waals surface area contributed by atoms with Gasteiger partial charge in [0.1, 0.15) is 0 Å². The van der Waals surface area contributed by atoms with Crippen molar-refractivity contribution in [1.82, 2.24) is 0 Å². The van der Waals surface area contributed by atoms with Crippen LogP contribution in [0.4, 0.5) is 17.1 Å². The predicted octanol–water partition coefficient (Wildman–Crippen LogP) is 6.26. The summed E-state index contributed by atoms with van der Waals surface area (Å²) in [6.07, 6.45) is 0. The zero-order chi connectivity index (χ0) is 20.3. The van der Waals surface area contributed by atoms with Crippen LogP contribution < -0.4 is 20.8 Å². The van der Waals surface area contributed by atoms with E-state index in [1.54, 1.807) is 0 Å². The monoisotopic (exact) mass is 425 g/mol. The van der Waals surface area contributed by atoms with Gasteiger partial charge in [-0.1, -0.05) is 60.2 Å². The minimum Gasteiger partial charge on any atom is -0.311 e. The Balaban J connectivity index is 2.04. The highest BCUT2D eigenvalue weighted by Gasteiger charge is 2.14. The van der Waals surface area contributed by atoms with Gasteiger partial charge in [0, 0.05) is 17.1 Å². The first-order valence-corrected chi connectivity index (χ1v) is 16.2. The minimum atomic E-state index is -0.0733. The Bertz CT molecular complexity index is 760. The molecule has 0 bridgehead atoms. The highest BCUT2D eigenvalue weighted by molar-refractivity contribution is 7.64. The fraction of sp³-hybridized carbons (Fsp3) is 0.250. The molecule has 0 heterocycles. The normalized spacial score (nSPS) is 11.5. The van der Waals surface area contributed by atoms with Gasteiger partial charge in [0.25, 0.3) is 0 Å². The zero-order valence-corrected chi connectivity index (χ0v) is 20.4. The molecule has 28 heavy (non-hydrogen) atoms. The third-order valence-corrected chi connectivity index (χ3v) is 8.87. The van der Waals surface area contributed by atoms with Crippen molar-refractivity contribution in [2.24, 2.45) is 0 Å². The van der Waals surface area contributed by atoms with Crippen LogP contribution in [0.1, 0.15) is 0 Å². The van der Waals surface area contributed by atoms with Crippen molar-refractivity contribution >= 4 is 56.7 Å². The molecule has 3 aromatic carbocycles. The molecule has 0 aliphatic carbocycles. The molecule has 3 rings (SSSR count). The van der Waals surface area contributed by atoms with Gasteiger partial charge in [0.2, 0.25) is 0 Å². The molecule has 0 spiro atoms. The third-order valence-electron chi connectivity index (χ3n) is 4.87. The van der Waals surface area contributed by atoms with Gasteiger partial charge in [-0.15, -0.1) is 0 Å². The second kappa shape index (κ2) is 9.50. The molecule has 0 amide bonds. The molecule has 146 valence electrons. The van der Waals surface area contributed by atoms with Gasteiger partial charge in [0.05, 0.1) is 0 Å². The van der Waals surface area contributed by atoms with Crippen molar-refractivity contribution in [3.63, 3.8) is 0 Å². The summed E-state index contributed by atoms with van der Waals surface area (Å²) in [5.74, 6) is 0. The van der Waals surface area contributed by atoms with Crippen molar-refractivity contribution in [2.45, 2.75) is 0 Å². The second-order valence-corrected chi connectivity index (χ2v) is 14.5. The average molecular weight is 425 g/mol. The largest absolute Gasteiger partial charge is 0.311 e. The number of rotatable bonds is 6. The van der Waals surface area contributed by atoms with Crippen LogP contribution >= 0.6 is 23.8 Å². The molecule has 0 aromatic heterocycles. The molecule has 0 fully saturated rings. The Kier molecular flexibility index (Phi) is 7.28. The molecular formula is C24H30NP3. The van der Waals surface area contributed by atoms with E-state index in [0.29, 0.717) is 0 Å². The summed E-state index contributed by atoms with van der Waals surface area (Å²) >= 11 is 0. The number of benzene rings is 3. The molecule has 0 aliphatic heterocycles. The van der Waals surface area contributed by atoms with Gasteiger partial charge in [-0.25, -0.2) is 0 Å². The van der Waals surface area contributed by atoms with E-state index in [2.05, 4.69) is 118 Å². The molecule has 0 unspecified atom stereocenters. The summed E-state index contributed by atoms with van der Waals surface area (Å²) in [5.41, 5.74) is 3.64. The third kappa shape index (κ3) is 5.02. The number of hydrogen-bond acceptors (Lipinski definition) is 1. The maximum atomic E-state index is 2.37. The molecule has 0 N–H and O–H groups in total. The lowest BCUT2D eigenvalue weighted by atomic mass is 10.2.